The Morgan fingerprint density at radius 2 is 2.25 bits per heavy atom. The molecule has 0 amide bonds. The Kier molecular flexibility index (Phi) is 8.81. The third-order valence-electron chi connectivity index (χ3n) is 2.54. The van der Waals surface area contributed by atoms with Crippen LogP contribution in [0.25, 0.3) is 0 Å². The summed E-state index contributed by atoms with van der Waals surface area (Å²) in [4.78, 5) is 0. The number of terminal acetylenes is 1. The minimum absolute atomic E-state index is 0.277. The number of halogens is 1. The average Bonchev–Trinajstić information content (AvgIpc) is 2.45. The van der Waals surface area contributed by atoms with Gasteiger partial charge in [0.05, 0.1) is 13.2 Å². The predicted octanol–water partition coefficient (Wildman–Crippen LogP) is 3.14. The number of rotatable bonds is 10. The lowest BCUT2D eigenvalue weighted by Gasteiger charge is -2.11. The number of benzene rings is 1. The molecule has 0 aromatic heterocycles. The summed E-state index contributed by atoms with van der Waals surface area (Å²) >= 11 is 3.46. The number of ether oxygens (including phenoxy) is 2. The summed E-state index contributed by atoms with van der Waals surface area (Å²) in [7, 11) is 0. The first-order chi connectivity index (χ1) is 9.77. The highest BCUT2D eigenvalue weighted by molar-refractivity contribution is 9.10. The van der Waals surface area contributed by atoms with Crippen LogP contribution in [0.3, 0.4) is 0 Å². The van der Waals surface area contributed by atoms with E-state index >= 15 is 0 Å². The summed E-state index contributed by atoms with van der Waals surface area (Å²) in [5.41, 5.74) is 1.07. The topological polar surface area (TPSA) is 30.5 Å². The van der Waals surface area contributed by atoms with Crippen molar-refractivity contribution in [1.29, 1.82) is 0 Å². The zero-order valence-corrected chi connectivity index (χ0v) is 13.1. The molecule has 1 aromatic carbocycles. The molecular weight excluding hydrogens is 318 g/mol. The fourth-order valence-electron chi connectivity index (χ4n) is 1.58. The van der Waals surface area contributed by atoms with Gasteiger partial charge in [0.15, 0.2) is 0 Å². The normalized spacial score (nSPS) is 10.0. The highest BCUT2D eigenvalue weighted by Gasteiger charge is 2.04. The van der Waals surface area contributed by atoms with E-state index in [9.17, 15) is 0 Å². The molecule has 0 bridgehead atoms. The molecule has 0 saturated heterocycles. The molecule has 1 rings (SSSR count). The molecule has 0 atom stereocenters. The summed E-state index contributed by atoms with van der Waals surface area (Å²) in [5.74, 6) is 3.28. The van der Waals surface area contributed by atoms with Crippen LogP contribution >= 0.6 is 15.9 Å². The summed E-state index contributed by atoms with van der Waals surface area (Å²) in [6.45, 7) is 6.83. The molecule has 4 heteroatoms. The smallest absolute Gasteiger partial charge is 0.148 e. The van der Waals surface area contributed by atoms with E-state index < -0.39 is 0 Å². The van der Waals surface area contributed by atoms with Crippen LogP contribution in [0, 0.1) is 12.3 Å². The van der Waals surface area contributed by atoms with E-state index in [1.165, 1.54) is 0 Å². The molecule has 108 valence electrons. The van der Waals surface area contributed by atoms with Crippen molar-refractivity contribution in [3.8, 4) is 18.1 Å². The van der Waals surface area contributed by atoms with Gasteiger partial charge >= 0.3 is 0 Å². The molecule has 20 heavy (non-hydrogen) atoms. The van der Waals surface area contributed by atoms with E-state index in [1.807, 2.05) is 24.3 Å². The zero-order chi connectivity index (χ0) is 14.6. The number of hydrogen-bond donors (Lipinski definition) is 1. The van der Waals surface area contributed by atoms with E-state index in [0.717, 1.165) is 35.4 Å². The summed E-state index contributed by atoms with van der Waals surface area (Å²) in [6, 6.07) is 5.88. The van der Waals surface area contributed by atoms with Crippen molar-refractivity contribution in [2.45, 2.75) is 13.0 Å². The van der Waals surface area contributed by atoms with Gasteiger partial charge in [-0.15, -0.1) is 13.0 Å². The Balaban J connectivity index is 2.36. The molecular formula is C16H20BrNO2. The highest BCUT2D eigenvalue weighted by atomic mass is 79.9. The van der Waals surface area contributed by atoms with Crippen LogP contribution in [0.5, 0.6) is 5.75 Å². The molecule has 1 N–H and O–H groups in total. The van der Waals surface area contributed by atoms with Crippen molar-refractivity contribution in [2.75, 3.05) is 26.4 Å². The predicted molar refractivity (Wildman–Crippen MR) is 85.8 cm³/mol. The van der Waals surface area contributed by atoms with Crippen molar-refractivity contribution in [2.24, 2.45) is 0 Å². The molecule has 0 aliphatic rings. The zero-order valence-electron chi connectivity index (χ0n) is 11.5. The Morgan fingerprint density at radius 1 is 1.40 bits per heavy atom. The monoisotopic (exact) mass is 337 g/mol. The summed E-state index contributed by atoms with van der Waals surface area (Å²) in [6.07, 6.45) is 7.95. The Hall–Kier alpha value is -1.28. The molecule has 0 heterocycles. The van der Waals surface area contributed by atoms with Crippen LogP contribution in [-0.2, 0) is 11.3 Å². The molecule has 0 aliphatic heterocycles. The highest BCUT2D eigenvalue weighted by Crippen LogP contribution is 2.23. The van der Waals surface area contributed by atoms with Crippen molar-refractivity contribution in [3.63, 3.8) is 0 Å². The molecule has 0 unspecified atom stereocenters. The van der Waals surface area contributed by atoms with Gasteiger partial charge in [0.1, 0.15) is 12.4 Å². The second-order valence-corrected chi connectivity index (χ2v) is 5.03. The standard InChI is InChI=1S/C16H20BrNO2/c1-3-5-10-19-11-8-18-13-14-12-15(17)6-7-16(14)20-9-4-2/h2-3,6-7,12,18H,1,5,8-11,13H2. The van der Waals surface area contributed by atoms with Gasteiger partial charge in [0.25, 0.3) is 0 Å². The number of hydrogen-bond acceptors (Lipinski definition) is 3. The quantitative estimate of drug-likeness (QED) is 0.404. The van der Waals surface area contributed by atoms with E-state index in [-0.39, 0.29) is 6.61 Å². The fraction of sp³-hybridized carbons (Fsp3) is 0.375. The van der Waals surface area contributed by atoms with Crippen LogP contribution in [0.4, 0.5) is 0 Å². The lowest BCUT2D eigenvalue weighted by molar-refractivity contribution is 0.140. The van der Waals surface area contributed by atoms with Crippen LogP contribution < -0.4 is 10.1 Å². The van der Waals surface area contributed by atoms with Crippen LogP contribution in [-0.4, -0.2) is 26.4 Å². The maximum atomic E-state index is 5.51. The molecule has 0 spiro atoms. The fourth-order valence-corrected chi connectivity index (χ4v) is 1.99. The first kappa shape index (κ1) is 16.8. The van der Waals surface area contributed by atoms with E-state index in [2.05, 4.69) is 33.7 Å². The van der Waals surface area contributed by atoms with Crippen LogP contribution in [0.15, 0.2) is 35.3 Å². The summed E-state index contributed by atoms with van der Waals surface area (Å²) in [5, 5.41) is 3.32. The Labute approximate surface area is 129 Å². The molecule has 1 aromatic rings. The molecule has 0 fully saturated rings. The second kappa shape index (κ2) is 10.5. The van der Waals surface area contributed by atoms with E-state index in [1.54, 1.807) is 0 Å². The average molecular weight is 338 g/mol. The Morgan fingerprint density at radius 3 is 3.00 bits per heavy atom. The van der Waals surface area contributed by atoms with E-state index in [4.69, 9.17) is 15.9 Å². The maximum absolute atomic E-state index is 5.51. The van der Waals surface area contributed by atoms with Gasteiger partial charge in [0.2, 0.25) is 0 Å². The minimum atomic E-state index is 0.277. The van der Waals surface area contributed by atoms with Crippen LogP contribution in [0.1, 0.15) is 12.0 Å². The van der Waals surface area contributed by atoms with Crippen molar-refractivity contribution in [1.82, 2.24) is 5.32 Å². The first-order valence-electron chi connectivity index (χ1n) is 6.52. The van der Waals surface area contributed by atoms with Crippen LogP contribution in [0.2, 0.25) is 0 Å². The van der Waals surface area contributed by atoms with Gasteiger partial charge in [-0.25, -0.2) is 0 Å². The molecule has 3 nitrogen and oxygen atoms in total. The second-order valence-electron chi connectivity index (χ2n) is 4.11. The van der Waals surface area contributed by atoms with Gasteiger partial charge in [-0.3, -0.25) is 0 Å². The lowest BCUT2D eigenvalue weighted by atomic mass is 10.2. The van der Waals surface area contributed by atoms with Gasteiger partial charge in [-0.05, 0) is 24.6 Å². The minimum Gasteiger partial charge on any atom is -0.481 e. The molecule has 0 saturated carbocycles. The van der Waals surface area contributed by atoms with Gasteiger partial charge in [-0.2, -0.15) is 0 Å². The SMILES string of the molecule is C#CCOc1ccc(Br)cc1CNCCOCCC=C. The third kappa shape index (κ3) is 6.76. The van der Waals surface area contributed by atoms with Gasteiger partial charge in [0, 0.05) is 23.1 Å². The molecule has 0 radical (unpaired) electrons. The van der Waals surface area contributed by atoms with Gasteiger partial charge in [-0.1, -0.05) is 27.9 Å². The van der Waals surface area contributed by atoms with Gasteiger partial charge < -0.3 is 14.8 Å². The Bertz CT molecular complexity index is 454. The van der Waals surface area contributed by atoms with Crippen molar-refractivity contribution >= 4 is 15.9 Å². The van der Waals surface area contributed by atoms with Crippen molar-refractivity contribution < 1.29 is 9.47 Å². The maximum Gasteiger partial charge on any atom is 0.148 e. The number of nitrogens with one attached hydrogen (secondary N) is 1. The largest absolute Gasteiger partial charge is 0.481 e. The third-order valence-corrected chi connectivity index (χ3v) is 3.03. The molecule has 0 aliphatic carbocycles. The summed E-state index contributed by atoms with van der Waals surface area (Å²) < 4.78 is 12.0. The lowest BCUT2D eigenvalue weighted by Crippen LogP contribution is -2.20. The van der Waals surface area contributed by atoms with E-state index in [0.29, 0.717) is 13.2 Å². The first-order valence-corrected chi connectivity index (χ1v) is 7.31. The van der Waals surface area contributed by atoms with Crippen molar-refractivity contribution in [3.05, 3.63) is 40.9 Å².